The molecule has 0 aliphatic carbocycles. The van der Waals surface area contributed by atoms with Crippen LogP contribution in [0.4, 0.5) is 0 Å². The summed E-state index contributed by atoms with van der Waals surface area (Å²) in [5, 5.41) is 3.74. The van der Waals surface area contributed by atoms with E-state index in [-0.39, 0.29) is 0 Å². The SMILES string of the molecule is COCC(CCCN)NC1CCN(C)C(C)C1. The molecule has 3 atom stereocenters. The fraction of sp³-hybridized carbons (Fsp3) is 1.00. The molecule has 0 spiro atoms. The van der Waals surface area contributed by atoms with E-state index in [1.807, 2.05) is 0 Å². The van der Waals surface area contributed by atoms with Gasteiger partial charge in [0.2, 0.25) is 0 Å². The average Bonchev–Trinajstić information content (AvgIpc) is 2.31. The average molecular weight is 243 g/mol. The van der Waals surface area contributed by atoms with E-state index in [0.717, 1.165) is 26.0 Å². The summed E-state index contributed by atoms with van der Waals surface area (Å²) in [4.78, 5) is 2.43. The van der Waals surface area contributed by atoms with Crippen LogP contribution in [0.3, 0.4) is 0 Å². The number of likely N-dealkylation sites (tertiary alicyclic amines) is 1. The highest BCUT2D eigenvalue weighted by Gasteiger charge is 2.24. The molecular formula is C13H29N3O. The smallest absolute Gasteiger partial charge is 0.0615 e. The van der Waals surface area contributed by atoms with E-state index >= 15 is 0 Å². The zero-order chi connectivity index (χ0) is 12.7. The number of nitrogens with two attached hydrogens (primary N) is 1. The molecule has 4 nitrogen and oxygen atoms in total. The maximum absolute atomic E-state index is 5.57. The molecule has 0 aromatic heterocycles. The van der Waals surface area contributed by atoms with Crippen molar-refractivity contribution in [3.63, 3.8) is 0 Å². The van der Waals surface area contributed by atoms with Crippen LogP contribution in [0, 0.1) is 0 Å². The molecule has 1 fully saturated rings. The molecule has 3 unspecified atom stereocenters. The summed E-state index contributed by atoms with van der Waals surface area (Å²) >= 11 is 0. The normalized spacial score (nSPS) is 28.2. The lowest BCUT2D eigenvalue weighted by Gasteiger charge is -2.37. The van der Waals surface area contributed by atoms with Gasteiger partial charge in [-0.1, -0.05) is 0 Å². The largest absolute Gasteiger partial charge is 0.383 e. The van der Waals surface area contributed by atoms with Crippen LogP contribution < -0.4 is 11.1 Å². The maximum Gasteiger partial charge on any atom is 0.0615 e. The van der Waals surface area contributed by atoms with Gasteiger partial charge in [-0.25, -0.2) is 0 Å². The van der Waals surface area contributed by atoms with E-state index in [1.54, 1.807) is 7.11 Å². The van der Waals surface area contributed by atoms with Gasteiger partial charge in [-0.15, -0.1) is 0 Å². The Balaban J connectivity index is 2.33. The second kappa shape index (κ2) is 8.03. The maximum atomic E-state index is 5.57. The Morgan fingerprint density at radius 1 is 1.53 bits per heavy atom. The van der Waals surface area contributed by atoms with E-state index in [2.05, 4.69) is 24.2 Å². The zero-order valence-electron chi connectivity index (χ0n) is 11.6. The zero-order valence-corrected chi connectivity index (χ0v) is 11.6. The van der Waals surface area contributed by atoms with Crippen molar-refractivity contribution in [2.24, 2.45) is 5.73 Å². The first-order chi connectivity index (χ1) is 8.17. The Morgan fingerprint density at radius 2 is 2.29 bits per heavy atom. The van der Waals surface area contributed by atoms with Gasteiger partial charge >= 0.3 is 0 Å². The third kappa shape index (κ3) is 5.34. The molecule has 1 aliphatic heterocycles. The van der Waals surface area contributed by atoms with Crippen molar-refractivity contribution in [3.05, 3.63) is 0 Å². The van der Waals surface area contributed by atoms with Crippen LogP contribution in [0.15, 0.2) is 0 Å². The number of rotatable bonds is 7. The number of piperidine rings is 1. The van der Waals surface area contributed by atoms with Gasteiger partial charge in [0.05, 0.1) is 6.61 Å². The predicted octanol–water partition coefficient (Wildman–Crippen LogP) is 0.813. The van der Waals surface area contributed by atoms with Crippen LogP contribution in [0.5, 0.6) is 0 Å². The fourth-order valence-electron chi connectivity index (χ4n) is 2.55. The minimum Gasteiger partial charge on any atom is -0.383 e. The van der Waals surface area contributed by atoms with Crippen molar-refractivity contribution in [2.75, 3.05) is 33.9 Å². The molecule has 3 N–H and O–H groups in total. The monoisotopic (exact) mass is 243 g/mol. The van der Waals surface area contributed by atoms with Crippen LogP contribution in [0.2, 0.25) is 0 Å². The van der Waals surface area contributed by atoms with E-state index < -0.39 is 0 Å². The Hall–Kier alpha value is -0.160. The van der Waals surface area contributed by atoms with Gasteiger partial charge < -0.3 is 20.7 Å². The highest BCUT2D eigenvalue weighted by atomic mass is 16.5. The van der Waals surface area contributed by atoms with Gasteiger partial charge in [0.25, 0.3) is 0 Å². The quantitative estimate of drug-likeness (QED) is 0.695. The molecular weight excluding hydrogens is 214 g/mol. The van der Waals surface area contributed by atoms with Crippen molar-refractivity contribution in [3.8, 4) is 0 Å². The molecule has 0 bridgehead atoms. The van der Waals surface area contributed by atoms with Gasteiger partial charge in [0.15, 0.2) is 0 Å². The number of hydrogen-bond acceptors (Lipinski definition) is 4. The van der Waals surface area contributed by atoms with E-state index in [4.69, 9.17) is 10.5 Å². The van der Waals surface area contributed by atoms with Crippen molar-refractivity contribution >= 4 is 0 Å². The highest BCUT2D eigenvalue weighted by Crippen LogP contribution is 2.16. The van der Waals surface area contributed by atoms with Gasteiger partial charge in [-0.05, 0) is 52.7 Å². The van der Waals surface area contributed by atoms with Gasteiger partial charge in [-0.3, -0.25) is 0 Å². The van der Waals surface area contributed by atoms with Crippen LogP contribution >= 0.6 is 0 Å². The van der Waals surface area contributed by atoms with Gasteiger partial charge in [-0.2, -0.15) is 0 Å². The third-order valence-corrected chi connectivity index (χ3v) is 3.80. The minimum atomic E-state index is 0.462. The lowest BCUT2D eigenvalue weighted by atomic mass is 9.97. The number of nitrogens with zero attached hydrogens (tertiary/aromatic N) is 1. The first kappa shape index (κ1) is 14.9. The Bertz CT molecular complexity index is 199. The summed E-state index contributed by atoms with van der Waals surface area (Å²) in [6, 6.07) is 1.78. The van der Waals surface area contributed by atoms with E-state index in [0.29, 0.717) is 18.1 Å². The first-order valence-corrected chi connectivity index (χ1v) is 6.82. The lowest BCUT2D eigenvalue weighted by Crippen LogP contribution is -2.49. The second-order valence-electron chi connectivity index (χ2n) is 5.30. The topological polar surface area (TPSA) is 50.5 Å². The number of methoxy groups -OCH3 is 1. The molecule has 1 aliphatic rings. The lowest BCUT2D eigenvalue weighted by molar-refractivity contribution is 0.126. The summed E-state index contributed by atoms with van der Waals surface area (Å²) in [7, 11) is 3.98. The molecule has 1 saturated heterocycles. The molecule has 0 amide bonds. The Kier molecular flexibility index (Phi) is 7.04. The first-order valence-electron chi connectivity index (χ1n) is 6.82. The number of hydrogen-bond donors (Lipinski definition) is 2. The van der Waals surface area contributed by atoms with Crippen LogP contribution in [-0.4, -0.2) is 56.9 Å². The summed E-state index contributed by atoms with van der Waals surface area (Å²) in [5.41, 5.74) is 5.57. The summed E-state index contributed by atoms with van der Waals surface area (Å²) in [6.45, 7) is 5.06. The van der Waals surface area contributed by atoms with Crippen LogP contribution in [0.25, 0.3) is 0 Å². The van der Waals surface area contributed by atoms with Crippen molar-refractivity contribution in [1.29, 1.82) is 0 Å². The van der Waals surface area contributed by atoms with E-state index in [9.17, 15) is 0 Å². The Labute approximate surface area is 106 Å². The summed E-state index contributed by atoms with van der Waals surface area (Å²) in [5.74, 6) is 0. The molecule has 17 heavy (non-hydrogen) atoms. The summed E-state index contributed by atoms with van der Waals surface area (Å²) in [6.07, 6.45) is 4.66. The predicted molar refractivity (Wildman–Crippen MR) is 72.2 cm³/mol. The standard InChI is InChI=1S/C13H29N3O/c1-11-9-12(6-8-16(11)2)15-13(10-17-3)5-4-7-14/h11-13,15H,4-10,14H2,1-3H3. The molecule has 0 aromatic rings. The summed E-state index contributed by atoms with van der Waals surface area (Å²) < 4.78 is 5.28. The third-order valence-electron chi connectivity index (χ3n) is 3.80. The fourth-order valence-corrected chi connectivity index (χ4v) is 2.55. The number of nitrogens with one attached hydrogen (secondary N) is 1. The molecule has 0 aromatic carbocycles. The van der Waals surface area contributed by atoms with Crippen LogP contribution in [0.1, 0.15) is 32.6 Å². The Morgan fingerprint density at radius 3 is 2.88 bits per heavy atom. The van der Waals surface area contributed by atoms with Gasteiger partial charge in [0, 0.05) is 25.2 Å². The molecule has 4 heteroatoms. The van der Waals surface area contributed by atoms with E-state index in [1.165, 1.54) is 19.4 Å². The van der Waals surface area contributed by atoms with Crippen molar-refractivity contribution < 1.29 is 4.74 Å². The minimum absolute atomic E-state index is 0.462. The highest BCUT2D eigenvalue weighted by molar-refractivity contribution is 4.83. The molecule has 0 radical (unpaired) electrons. The van der Waals surface area contributed by atoms with Crippen molar-refractivity contribution in [2.45, 2.75) is 50.7 Å². The molecule has 1 rings (SSSR count). The number of ether oxygens (including phenoxy) is 1. The molecule has 102 valence electrons. The molecule has 1 heterocycles. The van der Waals surface area contributed by atoms with Gasteiger partial charge in [0.1, 0.15) is 0 Å². The van der Waals surface area contributed by atoms with Crippen molar-refractivity contribution in [1.82, 2.24) is 10.2 Å². The molecule has 0 saturated carbocycles. The second-order valence-corrected chi connectivity index (χ2v) is 5.30. The van der Waals surface area contributed by atoms with Crippen LogP contribution in [-0.2, 0) is 4.74 Å².